The Morgan fingerprint density at radius 3 is 2.73 bits per heavy atom. The average Bonchev–Trinajstić information content (AvgIpc) is 2.90. The second kappa shape index (κ2) is 12.7. The third kappa shape index (κ3) is 7.42. The van der Waals surface area contributed by atoms with Gasteiger partial charge in [-0.3, -0.25) is 4.79 Å². The van der Waals surface area contributed by atoms with E-state index < -0.39 is 18.0 Å². The van der Waals surface area contributed by atoms with Gasteiger partial charge in [0.2, 0.25) is 5.91 Å². The van der Waals surface area contributed by atoms with E-state index in [2.05, 4.69) is 38.4 Å². The number of carboxylic acids is 1. The molecule has 1 aromatic heterocycles. The summed E-state index contributed by atoms with van der Waals surface area (Å²) < 4.78 is 0. The molecule has 194 valence electrons. The molecule has 2 aromatic carbocycles. The number of amides is 3. The summed E-state index contributed by atoms with van der Waals surface area (Å²) in [6.07, 6.45) is 4.98. The maximum atomic E-state index is 12.5. The first kappa shape index (κ1) is 25.9. The van der Waals surface area contributed by atoms with E-state index >= 15 is 0 Å². The second-order valence-corrected chi connectivity index (χ2v) is 9.20. The van der Waals surface area contributed by atoms with Crippen molar-refractivity contribution in [2.45, 2.75) is 51.0 Å². The summed E-state index contributed by atoms with van der Waals surface area (Å²) in [5, 5.41) is 22.6. The van der Waals surface area contributed by atoms with Gasteiger partial charge in [0.15, 0.2) is 0 Å². The minimum absolute atomic E-state index is 0.0794. The van der Waals surface area contributed by atoms with Crippen molar-refractivity contribution in [3.8, 4) is 0 Å². The number of anilines is 2. The molecule has 0 saturated carbocycles. The van der Waals surface area contributed by atoms with Gasteiger partial charge < -0.3 is 26.4 Å². The largest absolute Gasteiger partial charge is 0.480 e. The molecule has 0 spiro atoms. The molecule has 1 unspecified atom stereocenters. The van der Waals surface area contributed by atoms with Crippen LogP contribution in [0.15, 0.2) is 54.6 Å². The highest BCUT2D eigenvalue weighted by Gasteiger charge is 2.20. The molecule has 0 radical (unpaired) electrons. The number of carboxylic acid groups (broad SMARTS) is 1. The molecule has 5 N–H and O–H groups in total. The molecule has 3 aromatic rings. The molecule has 9 nitrogen and oxygen atoms in total. The summed E-state index contributed by atoms with van der Waals surface area (Å²) in [4.78, 5) is 41.0. The molecule has 4 rings (SSSR count). The van der Waals surface area contributed by atoms with Crippen LogP contribution in [0, 0.1) is 0 Å². The molecule has 37 heavy (non-hydrogen) atoms. The number of urea groups is 1. The number of hydrogen-bond donors (Lipinski definition) is 5. The summed E-state index contributed by atoms with van der Waals surface area (Å²) in [5.74, 6) is -0.312. The number of unbranched alkanes of at least 4 members (excludes halogenated alkanes) is 1. The monoisotopic (exact) mass is 503 g/mol. The van der Waals surface area contributed by atoms with E-state index in [4.69, 9.17) is 0 Å². The number of aliphatic carboxylic acids is 1. The number of nitrogens with one attached hydrogen (secondary N) is 4. The number of carbonyl (C=O) groups is 3. The van der Waals surface area contributed by atoms with Crippen LogP contribution in [-0.4, -0.2) is 47.1 Å². The topological polar surface area (TPSA) is 132 Å². The Morgan fingerprint density at radius 2 is 1.86 bits per heavy atom. The van der Waals surface area contributed by atoms with Crippen molar-refractivity contribution in [1.29, 1.82) is 0 Å². The zero-order valence-corrected chi connectivity index (χ0v) is 20.8. The summed E-state index contributed by atoms with van der Waals surface area (Å²) in [6, 6.07) is 15.6. The first-order valence-electron chi connectivity index (χ1n) is 12.8. The standard InChI is InChI=1S/C28H33N5O4/c34-25(13-4-2-10-21-15-14-20-9-6-17-30-26(20)31-21)29-18-16-24(27(35)36)33-28(37)32-23-12-5-8-19-7-1-3-11-22(19)23/h1,3,5,7-8,11-12,14-15,24H,2,4,6,9-10,13,16-18H2,(H,29,34)(H,30,31)(H,35,36)(H2,32,33,37). The van der Waals surface area contributed by atoms with E-state index in [-0.39, 0.29) is 18.9 Å². The molecular formula is C28H33N5O4. The lowest BCUT2D eigenvalue weighted by Gasteiger charge is -2.17. The highest BCUT2D eigenvalue weighted by molar-refractivity contribution is 6.02. The maximum Gasteiger partial charge on any atom is 0.326 e. The zero-order chi connectivity index (χ0) is 26.0. The summed E-state index contributed by atoms with van der Waals surface area (Å²) in [7, 11) is 0. The van der Waals surface area contributed by atoms with Gasteiger partial charge in [-0.2, -0.15) is 0 Å². The van der Waals surface area contributed by atoms with E-state index in [0.29, 0.717) is 18.5 Å². The van der Waals surface area contributed by atoms with Crippen molar-refractivity contribution in [2.75, 3.05) is 23.7 Å². The van der Waals surface area contributed by atoms with Crippen LogP contribution >= 0.6 is 0 Å². The lowest BCUT2D eigenvalue weighted by Crippen LogP contribution is -2.44. The first-order chi connectivity index (χ1) is 18.0. The normalized spacial score (nSPS) is 13.2. The Hall–Kier alpha value is -4.14. The molecule has 0 fully saturated rings. The van der Waals surface area contributed by atoms with Crippen molar-refractivity contribution >= 4 is 40.2 Å². The van der Waals surface area contributed by atoms with Gasteiger partial charge in [0.1, 0.15) is 11.9 Å². The molecule has 1 aliphatic heterocycles. The molecule has 2 heterocycles. The minimum atomic E-state index is -1.16. The van der Waals surface area contributed by atoms with Crippen molar-refractivity contribution in [2.24, 2.45) is 0 Å². The van der Waals surface area contributed by atoms with Crippen molar-refractivity contribution in [3.05, 3.63) is 65.9 Å². The average molecular weight is 504 g/mol. The summed E-state index contributed by atoms with van der Waals surface area (Å²) in [6.45, 7) is 1.11. The molecule has 0 bridgehead atoms. The molecule has 3 amide bonds. The summed E-state index contributed by atoms with van der Waals surface area (Å²) >= 11 is 0. The number of carbonyl (C=O) groups excluding carboxylic acids is 2. The van der Waals surface area contributed by atoms with Crippen LogP contribution < -0.4 is 21.3 Å². The van der Waals surface area contributed by atoms with Crippen molar-refractivity contribution in [3.63, 3.8) is 0 Å². The molecule has 1 aliphatic rings. The SMILES string of the molecule is O=C(CCCCc1ccc2c(n1)NCCC2)NCCC(NC(=O)Nc1cccc2ccccc12)C(=O)O. The van der Waals surface area contributed by atoms with Gasteiger partial charge in [0.05, 0.1) is 5.69 Å². The Kier molecular flexibility index (Phi) is 8.91. The van der Waals surface area contributed by atoms with E-state index in [1.807, 2.05) is 36.4 Å². The Bertz CT molecular complexity index is 1260. The van der Waals surface area contributed by atoms with Gasteiger partial charge in [-0.25, -0.2) is 14.6 Å². The first-order valence-corrected chi connectivity index (χ1v) is 12.8. The minimum Gasteiger partial charge on any atom is -0.480 e. The molecule has 1 atom stereocenters. The number of benzene rings is 2. The smallest absolute Gasteiger partial charge is 0.326 e. The van der Waals surface area contributed by atoms with Crippen molar-refractivity contribution < 1.29 is 19.5 Å². The van der Waals surface area contributed by atoms with Gasteiger partial charge in [-0.15, -0.1) is 0 Å². The van der Waals surface area contributed by atoms with Gasteiger partial charge >= 0.3 is 12.0 Å². The van der Waals surface area contributed by atoms with Gasteiger partial charge in [0.25, 0.3) is 0 Å². The van der Waals surface area contributed by atoms with Crippen molar-refractivity contribution in [1.82, 2.24) is 15.6 Å². The van der Waals surface area contributed by atoms with E-state index in [0.717, 1.165) is 54.5 Å². The Balaban J connectivity index is 1.16. The fourth-order valence-corrected chi connectivity index (χ4v) is 4.45. The fourth-order valence-electron chi connectivity index (χ4n) is 4.45. The Labute approximate surface area is 216 Å². The highest BCUT2D eigenvalue weighted by Crippen LogP contribution is 2.23. The highest BCUT2D eigenvalue weighted by atomic mass is 16.4. The number of hydrogen-bond acceptors (Lipinski definition) is 5. The predicted octanol–water partition coefficient (Wildman–Crippen LogP) is 4.09. The number of nitrogens with zero attached hydrogens (tertiary/aromatic N) is 1. The third-order valence-electron chi connectivity index (χ3n) is 6.44. The van der Waals surface area contributed by atoms with Gasteiger partial charge in [-0.05, 0) is 61.6 Å². The summed E-state index contributed by atoms with van der Waals surface area (Å²) in [5.41, 5.74) is 2.87. The van der Waals surface area contributed by atoms with Crippen LogP contribution in [0.1, 0.15) is 43.4 Å². The third-order valence-corrected chi connectivity index (χ3v) is 6.44. The maximum absolute atomic E-state index is 12.5. The molecule has 0 aliphatic carbocycles. The lowest BCUT2D eigenvalue weighted by molar-refractivity contribution is -0.139. The van der Waals surface area contributed by atoms with E-state index in [1.54, 1.807) is 6.07 Å². The Morgan fingerprint density at radius 1 is 1.03 bits per heavy atom. The van der Waals surface area contributed by atoms with Crippen LogP contribution in [0.2, 0.25) is 0 Å². The molecule has 9 heteroatoms. The second-order valence-electron chi connectivity index (χ2n) is 9.20. The predicted molar refractivity (Wildman–Crippen MR) is 144 cm³/mol. The van der Waals surface area contributed by atoms with Crippen LogP contribution in [-0.2, 0) is 22.4 Å². The van der Waals surface area contributed by atoms with Crippen LogP contribution in [0.4, 0.5) is 16.3 Å². The number of aromatic nitrogens is 1. The molecule has 0 saturated heterocycles. The lowest BCUT2D eigenvalue weighted by atomic mass is 10.1. The van der Waals surface area contributed by atoms with Gasteiger partial charge in [-0.1, -0.05) is 42.5 Å². The zero-order valence-electron chi connectivity index (χ0n) is 20.8. The van der Waals surface area contributed by atoms with Crippen LogP contribution in [0.5, 0.6) is 0 Å². The quantitative estimate of drug-likeness (QED) is 0.251. The number of pyridine rings is 1. The van der Waals surface area contributed by atoms with Crippen LogP contribution in [0.25, 0.3) is 10.8 Å². The number of aryl methyl sites for hydroxylation is 2. The van der Waals surface area contributed by atoms with Crippen LogP contribution in [0.3, 0.4) is 0 Å². The fraction of sp³-hybridized carbons (Fsp3) is 0.357. The number of rotatable bonds is 11. The van der Waals surface area contributed by atoms with E-state index in [9.17, 15) is 19.5 Å². The molecular weight excluding hydrogens is 470 g/mol. The number of fused-ring (bicyclic) bond motifs is 2. The van der Waals surface area contributed by atoms with Gasteiger partial charge in [0, 0.05) is 30.6 Å². The van der Waals surface area contributed by atoms with E-state index in [1.165, 1.54) is 5.56 Å².